The van der Waals surface area contributed by atoms with Crippen molar-refractivity contribution in [2.75, 3.05) is 5.32 Å². The molecule has 0 aliphatic rings. The first-order chi connectivity index (χ1) is 15.1. The molecule has 154 valence electrons. The number of nitrogens with zero attached hydrogens (tertiary/aromatic N) is 4. The Morgan fingerprint density at radius 1 is 1.06 bits per heavy atom. The van der Waals surface area contributed by atoms with E-state index < -0.39 is 5.82 Å². The van der Waals surface area contributed by atoms with Crippen LogP contribution in [0.15, 0.2) is 89.6 Å². The van der Waals surface area contributed by atoms with Crippen LogP contribution in [-0.2, 0) is 0 Å². The van der Waals surface area contributed by atoms with Crippen LogP contribution in [0.1, 0.15) is 12.6 Å². The quantitative estimate of drug-likeness (QED) is 0.466. The normalized spacial score (nSPS) is 11.7. The van der Waals surface area contributed by atoms with E-state index in [1.54, 1.807) is 42.2 Å². The van der Waals surface area contributed by atoms with Crippen molar-refractivity contribution in [3.05, 3.63) is 107 Å². The van der Waals surface area contributed by atoms with Crippen molar-refractivity contribution in [2.24, 2.45) is 0 Å². The van der Waals surface area contributed by atoms with Gasteiger partial charge in [-0.15, -0.1) is 0 Å². The topological polar surface area (TPSA) is 88.6 Å². The highest BCUT2D eigenvalue weighted by Crippen LogP contribution is 2.20. The molecule has 0 saturated heterocycles. The van der Waals surface area contributed by atoms with E-state index in [1.165, 1.54) is 23.0 Å². The second-order valence-corrected chi connectivity index (χ2v) is 6.75. The summed E-state index contributed by atoms with van der Waals surface area (Å²) in [5, 5.41) is 19.3. The predicted molar refractivity (Wildman–Crippen MR) is 118 cm³/mol. The molecule has 31 heavy (non-hydrogen) atoms. The average Bonchev–Trinajstić information content (AvgIpc) is 3.33. The summed E-state index contributed by atoms with van der Waals surface area (Å²) in [6, 6.07) is 17.0. The predicted octanol–water partition coefficient (Wildman–Crippen LogP) is 4.05. The molecule has 0 fully saturated rings. The zero-order valence-electron chi connectivity index (χ0n) is 16.7. The summed E-state index contributed by atoms with van der Waals surface area (Å²) in [7, 11) is 0. The summed E-state index contributed by atoms with van der Waals surface area (Å²) in [5.41, 5.74) is 2.13. The molecule has 4 aromatic rings. The monoisotopic (exact) mass is 414 g/mol. The summed E-state index contributed by atoms with van der Waals surface area (Å²) >= 11 is 0. The highest BCUT2D eigenvalue weighted by Gasteiger charge is 2.15. The maximum Gasteiger partial charge on any atom is 0.209 e. The SMILES string of the molecule is C/C(C=N)=C(/Nc1ccccc1)c1nn(-c2ccc(-n3cccn3)cc2F)ccc1=O. The number of rotatable bonds is 6. The molecule has 0 radical (unpaired) electrons. The molecule has 2 aromatic carbocycles. The number of para-hydroxylation sites is 1. The van der Waals surface area contributed by atoms with Gasteiger partial charge in [-0.1, -0.05) is 18.2 Å². The highest BCUT2D eigenvalue weighted by molar-refractivity contribution is 5.92. The smallest absolute Gasteiger partial charge is 0.209 e. The molecule has 8 heteroatoms. The maximum absolute atomic E-state index is 14.9. The van der Waals surface area contributed by atoms with Gasteiger partial charge in [0.15, 0.2) is 11.5 Å². The van der Waals surface area contributed by atoms with Gasteiger partial charge in [0.05, 0.1) is 11.4 Å². The lowest BCUT2D eigenvalue weighted by atomic mass is 10.1. The lowest BCUT2D eigenvalue weighted by Crippen LogP contribution is -2.20. The minimum atomic E-state index is -0.513. The molecule has 7 nitrogen and oxygen atoms in total. The number of allylic oxidation sites excluding steroid dienone is 1. The van der Waals surface area contributed by atoms with Crippen molar-refractivity contribution in [3.8, 4) is 11.4 Å². The fraction of sp³-hybridized carbons (Fsp3) is 0.0435. The summed E-state index contributed by atoms with van der Waals surface area (Å²) in [5.74, 6) is -0.513. The second kappa shape index (κ2) is 8.58. The van der Waals surface area contributed by atoms with Crippen LogP contribution in [-0.4, -0.2) is 25.8 Å². The van der Waals surface area contributed by atoms with Crippen LogP contribution in [0.4, 0.5) is 10.1 Å². The molecule has 0 aliphatic carbocycles. The number of hydrogen-bond acceptors (Lipinski definition) is 5. The van der Waals surface area contributed by atoms with Crippen molar-refractivity contribution in [3.63, 3.8) is 0 Å². The van der Waals surface area contributed by atoms with Crippen molar-refractivity contribution < 1.29 is 4.39 Å². The zero-order chi connectivity index (χ0) is 21.8. The third-order valence-electron chi connectivity index (χ3n) is 4.65. The molecule has 2 heterocycles. The number of benzene rings is 2. The summed E-state index contributed by atoms with van der Waals surface area (Å²) in [6.45, 7) is 1.70. The third kappa shape index (κ3) is 4.18. The number of halogens is 1. The lowest BCUT2D eigenvalue weighted by molar-refractivity contribution is 0.605. The Balaban J connectivity index is 1.77. The van der Waals surface area contributed by atoms with Crippen LogP contribution in [0.3, 0.4) is 0 Å². The minimum absolute atomic E-state index is 0.0860. The number of aromatic nitrogens is 4. The van der Waals surface area contributed by atoms with Crippen molar-refractivity contribution in [1.82, 2.24) is 19.6 Å². The Bertz CT molecular complexity index is 1310. The van der Waals surface area contributed by atoms with E-state index in [1.807, 2.05) is 30.3 Å². The summed E-state index contributed by atoms with van der Waals surface area (Å²) in [6.07, 6.45) is 5.89. The van der Waals surface area contributed by atoms with Gasteiger partial charge < -0.3 is 10.7 Å². The molecule has 0 saturated carbocycles. The molecule has 0 unspecified atom stereocenters. The number of anilines is 1. The molecule has 0 amide bonds. The van der Waals surface area contributed by atoms with Crippen LogP contribution in [0, 0.1) is 11.2 Å². The lowest BCUT2D eigenvalue weighted by Gasteiger charge is -2.14. The molecule has 2 N–H and O–H groups in total. The molecule has 0 atom stereocenters. The first kappa shape index (κ1) is 20.0. The molecular formula is C23H19FN6O. The van der Waals surface area contributed by atoms with E-state index in [-0.39, 0.29) is 16.8 Å². The van der Waals surface area contributed by atoms with Gasteiger partial charge in [0, 0.05) is 42.6 Å². The van der Waals surface area contributed by atoms with Gasteiger partial charge in [0.2, 0.25) is 5.43 Å². The van der Waals surface area contributed by atoms with Crippen molar-refractivity contribution >= 4 is 17.6 Å². The Morgan fingerprint density at radius 3 is 2.55 bits per heavy atom. The molecule has 2 aromatic heterocycles. The van der Waals surface area contributed by atoms with Gasteiger partial charge in [-0.3, -0.25) is 4.79 Å². The fourth-order valence-electron chi connectivity index (χ4n) is 3.04. The minimum Gasteiger partial charge on any atom is -0.353 e. The first-order valence-corrected chi connectivity index (χ1v) is 9.50. The molecular weight excluding hydrogens is 395 g/mol. The van der Waals surface area contributed by atoms with E-state index in [0.29, 0.717) is 17.0 Å². The van der Waals surface area contributed by atoms with Gasteiger partial charge in [-0.25, -0.2) is 13.8 Å². The van der Waals surface area contributed by atoms with E-state index in [9.17, 15) is 9.18 Å². The van der Waals surface area contributed by atoms with E-state index >= 15 is 0 Å². The first-order valence-electron chi connectivity index (χ1n) is 9.50. The fourth-order valence-corrected chi connectivity index (χ4v) is 3.04. The van der Waals surface area contributed by atoms with Gasteiger partial charge in [-0.2, -0.15) is 10.2 Å². The molecule has 4 rings (SSSR count). The van der Waals surface area contributed by atoms with Crippen LogP contribution in [0.2, 0.25) is 0 Å². The largest absolute Gasteiger partial charge is 0.353 e. The number of hydrogen-bond donors (Lipinski definition) is 2. The Hall–Kier alpha value is -4.33. The van der Waals surface area contributed by atoms with Gasteiger partial charge in [0.1, 0.15) is 5.69 Å². The Morgan fingerprint density at radius 2 is 1.87 bits per heavy atom. The van der Waals surface area contributed by atoms with Crippen LogP contribution < -0.4 is 10.7 Å². The molecule has 0 bridgehead atoms. The highest BCUT2D eigenvalue weighted by atomic mass is 19.1. The Labute approximate surface area is 177 Å². The Kier molecular flexibility index (Phi) is 5.53. The van der Waals surface area contributed by atoms with Crippen LogP contribution in [0.25, 0.3) is 17.1 Å². The standard InChI is InChI=1S/C23H19FN6O/c1-16(15-25)22(27-17-6-3-2-4-7-17)23-21(31)10-13-30(28-23)20-9-8-18(14-19(20)24)29-12-5-11-26-29/h2-15,25,27H,1H3/b22-16-,25-15?. The maximum atomic E-state index is 14.9. The second-order valence-electron chi connectivity index (χ2n) is 6.75. The average molecular weight is 414 g/mol. The van der Waals surface area contributed by atoms with Gasteiger partial charge in [-0.05, 0) is 42.8 Å². The van der Waals surface area contributed by atoms with Gasteiger partial charge in [0.25, 0.3) is 0 Å². The van der Waals surface area contributed by atoms with Crippen LogP contribution in [0.5, 0.6) is 0 Å². The summed E-state index contributed by atoms with van der Waals surface area (Å²) < 4.78 is 17.7. The van der Waals surface area contributed by atoms with Crippen LogP contribution >= 0.6 is 0 Å². The van der Waals surface area contributed by atoms with Crippen molar-refractivity contribution in [2.45, 2.75) is 6.92 Å². The summed E-state index contributed by atoms with van der Waals surface area (Å²) in [4.78, 5) is 12.6. The van der Waals surface area contributed by atoms with Gasteiger partial charge >= 0.3 is 0 Å². The molecule has 0 aliphatic heterocycles. The molecule has 0 spiro atoms. The van der Waals surface area contributed by atoms with E-state index in [2.05, 4.69) is 15.5 Å². The van der Waals surface area contributed by atoms with E-state index in [4.69, 9.17) is 5.41 Å². The number of nitrogens with one attached hydrogen (secondary N) is 2. The van der Waals surface area contributed by atoms with Crippen molar-refractivity contribution in [1.29, 1.82) is 5.41 Å². The zero-order valence-corrected chi connectivity index (χ0v) is 16.7. The van der Waals surface area contributed by atoms with E-state index in [0.717, 1.165) is 11.9 Å². The third-order valence-corrected chi connectivity index (χ3v) is 4.65.